The molecule has 1 fully saturated rings. The van der Waals surface area contributed by atoms with Gasteiger partial charge in [0.05, 0.1) is 17.2 Å². The molecule has 1 heterocycles. The normalized spacial score (nSPS) is 16.5. The molecule has 40 heavy (non-hydrogen) atoms. The van der Waals surface area contributed by atoms with Crippen molar-refractivity contribution in [2.24, 2.45) is 5.92 Å². The maximum Gasteiger partial charge on any atom is 0.404 e. The summed E-state index contributed by atoms with van der Waals surface area (Å²) in [4.78, 5) is 25.9. The number of thiol groups is 1. The van der Waals surface area contributed by atoms with Crippen molar-refractivity contribution in [1.82, 2.24) is 10.2 Å². The highest BCUT2D eigenvalue weighted by atomic mass is 32.2. The van der Waals surface area contributed by atoms with Crippen molar-refractivity contribution in [3.8, 4) is 0 Å². The monoisotopic (exact) mass is 587 g/mol. The Kier molecular flexibility index (Phi) is 10.2. The zero-order valence-electron chi connectivity index (χ0n) is 22.4. The Bertz CT molecular complexity index is 1300. The lowest BCUT2D eigenvalue weighted by Gasteiger charge is -2.38. The molecule has 13 heteroatoms. The quantitative estimate of drug-likeness (QED) is 0.285. The standard InChI is InChI=1S/C27H33F4N3O5S/c1-16-8-10-34(11-9-16)24(27(29,30)31)14-19-4-5-20(26(36)37)12-21(19)15-32-25(35)17(2)18-6-7-23(22(28)13-18)33(3)40(38)39/h4-7,12-13,16-17,24,40H,8-11,14-15H2,1-3H3,(H,32,35)(H,36,37). The molecule has 2 aromatic carbocycles. The minimum atomic E-state index is -4.51. The van der Waals surface area contributed by atoms with Crippen LogP contribution < -0.4 is 9.62 Å². The van der Waals surface area contributed by atoms with Crippen LogP contribution in [-0.4, -0.2) is 62.7 Å². The van der Waals surface area contributed by atoms with Gasteiger partial charge in [-0.05, 0) is 86.1 Å². The topological polar surface area (TPSA) is 107 Å². The number of hydrogen-bond acceptors (Lipinski definition) is 5. The number of piperidine rings is 1. The van der Waals surface area contributed by atoms with Crippen LogP contribution in [0.15, 0.2) is 36.4 Å². The van der Waals surface area contributed by atoms with Crippen LogP contribution in [0.2, 0.25) is 0 Å². The number of halogens is 4. The molecule has 2 atom stereocenters. The molecular weight excluding hydrogens is 554 g/mol. The lowest BCUT2D eigenvalue weighted by atomic mass is 9.93. The van der Waals surface area contributed by atoms with E-state index in [1.165, 1.54) is 49.2 Å². The first-order chi connectivity index (χ1) is 18.7. The maximum absolute atomic E-state index is 14.5. The van der Waals surface area contributed by atoms with Crippen molar-refractivity contribution in [1.29, 1.82) is 0 Å². The predicted molar refractivity (Wildman–Crippen MR) is 142 cm³/mol. The number of anilines is 1. The largest absolute Gasteiger partial charge is 0.478 e. The van der Waals surface area contributed by atoms with Gasteiger partial charge in [-0.15, -0.1) is 0 Å². The summed E-state index contributed by atoms with van der Waals surface area (Å²) in [6.07, 6.45) is -3.61. The third-order valence-corrected chi connectivity index (χ3v) is 8.12. The zero-order valence-corrected chi connectivity index (χ0v) is 23.3. The summed E-state index contributed by atoms with van der Waals surface area (Å²) in [5, 5.41) is 12.0. The lowest BCUT2D eigenvalue weighted by molar-refractivity contribution is -0.186. The number of nitrogens with zero attached hydrogens (tertiary/aromatic N) is 2. The van der Waals surface area contributed by atoms with Gasteiger partial charge < -0.3 is 10.4 Å². The van der Waals surface area contributed by atoms with Gasteiger partial charge >= 0.3 is 12.1 Å². The number of amides is 1. The second kappa shape index (κ2) is 13.0. The minimum Gasteiger partial charge on any atom is -0.478 e. The highest BCUT2D eigenvalue weighted by Crippen LogP contribution is 2.32. The molecule has 0 spiro atoms. The molecule has 2 aromatic rings. The van der Waals surface area contributed by atoms with E-state index in [9.17, 15) is 40.7 Å². The lowest BCUT2D eigenvalue weighted by Crippen LogP contribution is -2.50. The molecule has 2 unspecified atom stereocenters. The van der Waals surface area contributed by atoms with E-state index in [1.54, 1.807) is 0 Å². The number of carboxylic acid groups (broad SMARTS) is 1. The minimum absolute atomic E-state index is 0.130. The number of rotatable bonds is 10. The first kappa shape index (κ1) is 31.3. The van der Waals surface area contributed by atoms with Gasteiger partial charge in [0, 0.05) is 13.6 Å². The number of hydrogen-bond donors (Lipinski definition) is 3. The van der Waals surface area contributed by atoms with Gasteiger partial charge in [-0.25, -0.2) is 17.6 Å². The molecular formula is C27H33F4N3O5S. The summed E-state index contributed by atoms with van der Waals surface area (Å²) in [5.41, 5.74) is 0.440. The molecule has 0 aromatic heterocycles. The van der Waals surface area contributed by atoms with Crippen molar-refractivity contribution >= 4 is 28.5 Å². The van der Waals surface area contributed by atoms with E-state index in [4.69, 9.17) is 0 Å². The first-order valence-corrected chi connectivity index (χ1v) is 13.9. The molecule has 0 saturated carbocycles. The van der Waals surface area contributed by atoms with E-state index >= 15 is 0 Å². The SMILES string of the molecule is CC1CCN(C(Cc2ccc(C(=O)O)cc2CNC(=O)C(C)c2ccc(N(C)[SH](=O)=O)c(F)c2)C(F)(F)F)CC1. The van der Waals surface area contributed by atoms with Gasteiger partial charge in [0.25, 0.3) is 0 Å². The molecule has 3 rings (SSSR count). The van der Waals surface area contributed by atoms with Crippen molar-refractivity contribution in [3.05, 3.63) is 64.5 Å². The summed E-state index contributed by atoms with van der Waals surface area (Å²) in [7, 11) is -1.88. The van der Waals surface area contributed by atoms with Gasteiger partial charge in [-0.1, -0.05) is 19.1 Å². The third-order valence-electron chi connectivity index (χ3n) is 7.41. The van der Waals surface area contributed by atoms with Gasteiger partial charge in [0.2, 0.25) is 16.8 Å². The highest BCUT2D eigenvalue weighted by molar-refractivity contribution is 7.74. The Morgan fingerprint density at radius 3 is 2.33 bits per heavy atom. The van der Waals surface area contributed by atoms with E-state index in [-0.39, 0.29) is 34.5 Å². The number of carboxylic acids is 1. The number of carbonyl (C=O) groups excluding carboxylic acids is 1. The number of likely N-dealkylation sites (tertiary alicyclic amines) is 1. The van der Waals surface area contributed by atoms with Crippen LogP contribution in [-0.2, 0) is 28.7 Å². The van der Waals surface area contributed by atoms with Crippen molar-refractivity contribution in [2.75, 3.05) is 24.4 Å². The molecule has 0 bridgehead atoms. The van der Waals surface area contributed by atoms with Crippen LogP contribution in [0.1, 0.15) is 59.7 Å². The third kappa shape index (κ3) is 7.72. The van der Waals surface area contributed by atoms with Gasteiger partial charge in [-0.2, -0.15) is 13.2 Å². The molecule has 1 amide bonds. The predicted octanol–water partition coefficient (Wildman–Crippen LogP) is 4.11. The smallest absolute Gasteiger partial charge is 0.404 e. The van der Waals surface area contributed by atoms with Gasteiger partial charge in [0.15, 0.2) is 0 Å². The summed E-state index contributed by atoms with van der Waals surface area (Å²) < 4.78 is 79.9. The number of nitrogens with one attached hydrogen (secondary N) is 1. The molecule has 0 aliphatic carbocycles. The fourth-order valence-electron chi connectivity index (χ4n) is 4.75. The second-order valence-corrected chi connectivity index (χ2v) is 11.3. The van der Waals surface area contributed by atoms with Crippen molar-refractivity contribution in [3.63, 3.8) is 0 Å². The molecule has 2 N–H and O–H groups in total. The second-order valence-electron chi connectivity index (χ2n) is 10.2. The number of benzene rings is 2. The van der Waals surface area contributed by atoms with E-state index < -0.39 is 53.1 Å². The van der Waals surface area contributed by atoms with E-state index in [2.05, 4.69) is 5.32 Å². The van der Waals surface area contributed by atoms with Crippen LogP contribution in [0.25, 0.3) is 0 Å². The van der Waals surface area contributed by atoms with E-state index in [1.807, 2.05) is 6.92 Å². The van der Waals surface area contributed by atoms with Gasteiger partial charge in [0.1, 0.15) is 11.9 Å². The van der Waals surface area contributed by atoms with Crippen molar-refractivity contribution < 1.29 is 40.7 Å². The van der Waals surface area contributed by atoms with Crippen LogP contribution in [0.5, 0.6) is 0 Å². The highest BCUT2D eigenvalue weighted by Gasteiger charge is 2.44. The molecule has 0 radical (unpaired) electrons. The number of alkyl halides is 3. The first-order valence-electron chi connectivity index (χ1n) is 12.8. The van der Waals surface area contributed by atoms with Crippen LogP contribution in [0, 0.1) is 11.7 Å². The van der Waals surface area contributed by atoms with Crippen LogP contribution in [0.3, 0.4) is 0 Å². The average Bonchev–Trinajstić information content (AvgIpc) is 2.89. The molecule has 1 aliphatic rings. The molecule has 8 nitrogen and oxygen atoms in total. The summed E-state index contributed by atoms with van der Waals surface area (Å²) >= 11 is 0. The Morgan fingerprint density at radius 1 is 1.12 bits per heavy atom. The van der Waals surface area contributed by atoms with Crippen molar-refractivity contribution in [2.45, 2.75) is 57.8 Å². The molecule has 1 aliphatic heterocycles. The fraction of sp³-hybridized carbons (Fsp3) is 0.481. The Balaban J connectivity index is 1.81. The Morgan fingerprint density at radius 2 is 1.77 bits per heavy atom. The average molecular weight is 588 g/mol. The summed E-state index contributed by atoms with van der Waals surface area (Å²) in [5.74, 6) is -3.22. The van der Waals surface area contributed by atoms with Crippen LogP contribution in [0.4, 0.5) is 23.2 Å². The summed E-state index contributed by atoms with van der Waals surface area (Å²) in [6, 6.07) is 5.77. The van der Waals surface area contributed by atoms with Crippen LogP contribution >= 0.6 is 0 Å². The Labute approximate surface area is 232 Å². The number of carbonyl (C=O) groups is 2. The molecule has 1 saturated heterocycles. The van der Waals surface area contributed by atoms with E-state index in [0.717, 1.165) is 10.4 Å². The fourth-order valence-corrected chi connectivity index (χ4v) is 5.09. The molecule has 220 valence electrons. The Hall–Kier alpha value is -3.19. The maximum atomic E-state index is 14.5. The zero-order chi connectivity index (χ0) is 29.8. The van der Waals surface area contributed by atoms with E-state index in [0.29, 0.717) is 31.8 Å². The number of aromatic carboxylic acids is 1. The van der Waals surface area contributed by atoms with Gasteiger partial charge in [-0.3, -0.25) is 14.0 Å². The summed E-state index contributed by atoms with van der Waals surface area (Å²) in [6.45, 7) is 3.87.